The van der Waals surface area contributed by atoms with E-state index >= 15 is 0 Å². The molecule has 0 aromatic carbocycles. The number of sulfone groups is 1. The van der Waals surface area contributed by atoms with Crippen LogP contribution in [0.15, 0.2) is 0 Å². The van der Waals surface area contributed by atoms with Gasteiger partial charge in [-0.2, -0.15) is 0 Å². The monoisotopic (exact) mass is 233 g/mol. The van der Waals surface area contributed by atoms with E-state index < -0.39 is 9.84 Å². The summed E-state index contributed by atoms with van der Waals surface area (Å²) in [5, 5.41) is 0. The Kier molecular flexibility index (Phi) is 2.60. The first-order chi connectivity index (χ1) is 6.80. The molecule has 0 saturated carbocycles. The second-order valence-corrected chi connectivity index (χ2v) is 7.57. The predicted molar refractivity (Wildman–Crippen MR) is 58.6 cm³/mol. The molecule has 0 aromatic heterocycles. The molecular formula is C10H19NO3S. The van der Waals surface area contributed by atoms with Gasteiger partial charge in [0.25, 0.3) is 0 Å². The minimum atomic E-state index is -2.89. The Morgan fingerprint density at radius 1 is 1.27 bits per heavy atom. The average Bonchev–Trinajstić information content (AvgIpc) is 2.35. The SMILES string of the molecule is CC(C)(C)N1CCOC2CS(=O)(=O)CC21. The molecule has 2 aliphatic rings. The van der Waals surface area contributed by atoms with Gasteiger partial charge in [-0.25, -0.2) is 8.42 Å². The highest BCUT2D eigenvalue weighted by Crippen LogP contribution is 2.29. The lowest BCUT2D eigenvalue weighted by atomic mass is 10.00. The zero-order chi connectivity index (χ0) is 11.3. The van der Waals surface area contributed by atoms with Crippen LogP contribution in [-0.2, 0) is 14.6 Å². The van der Waals surface area contributed by atoms with Crippen molar-refractivity contribution < 1.29 is 13.2 Å². The Hall–Kier alpha value is -0.130. The fourth-order valence-electron chi connectivity index (χ4n) is 2.55. The summed E-state index contributed by atoms with van der Waals surface area (Å²) in [5.41, 5.74) is 0.0204. The minimum absolute atomic E-state index is 0.0204. The Labute approximate surface area is 91.5 Å². The summed E-state index contributed by atoms with van der Waals surface area (Å²) in [5.74, 6) is 0.458. The van der Waals surface area contributed by atoms with Crippen molar-refractivity contribution in [2.75, 3.05) is 24.7 Å². The van der Waals surface area contributed by atoms with E-state index in [0.29, 0.717) is 6.61 Å². The maximum atomic E-state index is 11.6. The molecule has 88 valence electrons. The lowest BCUT2D eigenvalue weighted by molar-refractivity contribution is -0.0791. The van der Waals surface area contributed by atoms with E-state index in [1.54, 1.807) is 0 Å². The summed E-state index contributed by atoms with van der Waals surface area (Å²) in [4.78, 5) is 2.27. The summed E-state index contributed by atoms with van der Waals surface area (Å²) in [7, 11) is -2.89. The third-order valence-electron chi connectivity index (χ3n) is 3.20. The van der Waals surface area contributed by atoms with Crippen LogP contribution < -0.4 is 0 Å². The van der Waals surface area contributed by atoms with Crippen molar-refractivity contribution >= 4 is 9.84 Å². The van der Waals surface area contributed by atoms with E-state index in [1.165, 1.54) is 0 Å². The van der Waals surface area contributed by atoms with Gasteiger partial charge in [0.2, 0.25) is 0 Å². The van der Waals surface area contributed by atoms with Crippen LogP contribution in [0, 0.1) is 0 Å². The highest BCUT2D eigenvalue weighted by Gasteiger charge is 2.46. The second-order valence-electron chi connectivity index (χ2n) is 5.42. The molecule has 2 fully saturated rings. The Morgan fingerprint density at radius 2 is 1.93 bits per heavy atom. The van der Waals surface area contributed by atoms with Gasteiger partial charge in [-0.1, -0.05) is 0 Å². The number of hydrogen-bond donors (Lipinski definition) is 0. The molecule has 0 bridgehead atoms. The van der Waals surface area contributed by atoms with Crippen molar-refractivity contribution in [1.82, 2.24) is 4.90 Å². The second kappa shape index (κ2) is 3.43. The van der Waals surface area contributed by atoms with Gasteiger partial charge in [0.1, 0.15) is 0 Å². The quantitative estimate of drug-likeness (QED) is 0.603. The van der Waals surface area contributed by atoms with Gasteiger partial charge in [0, 0.05) is 12.1 Å². The fourth-order valence-corrected chi connectivity index (χ4v) is 4.42. The first-order valence-electron chi connectivity index (χ1n) is 5.38. The molecule has 0 radical (unpaired) electrons. The molecule has 2 heterocycles. The molecular weight excluding hydrogens is 214 g/mol. The van der Waals surface area contributed by atoms with Gasteiger partial charge in [0.05, 0.1) is 30.3 Å². The molecule has 0 spiro atoms. The van der Waals surface area contributed by atoms with Gasteiger partial charge in [0.15, 0.2) is 9.84 Å². The van der Waals surface area contributed by atoms with Gasteiger partial charge in [-0.3, -0.25) is 4.90 Å². The number of rotatable bonds is 0. The zero-order valence-electron chi connectivity index (χ0n) is 9.56. The van der Waals surface area contributed by atoms with Crippen molar-refractivity contribution in [2.24, 2.45) is 0 Å². The van der Waals surface area contributed by atoms with Crippen molar-refractivity contribution in [2.45, 2.75) is 38.5 Å². The van der Waals surface area contributed by atoms with E-state index in [1.807, 2.05) is 0 Å². The predicted octanol–water partition coefficient (Wildman–Crippen LogP) is 0.283. The molecule has 2 saturated heterocycles. The summed E-state index contributed by atoms with van der Waals surface area (Å²) >= 11 is 0. The van der Waals surface area contributed by atoms with Crippen LogP contribution in [0.2, 0.25) is 0 Å². The van der Waals surface area contributed by atoms with Crippen LogP contribution in [-0.4, -0.2) is 55.7 Å². The molecule has 5 heteroatoms. The molecule has 2 atom stereocenters. The van der Waals surface area contributed by atoms with E-state index in [-0.39, 0.29) is 29.2 Å². The molecule has 4 nitrogen and oxygen atoms in total. The average molecular weight is 233 g/mol. The Bertz CT molecular complexity index is 344. The van der Waals surface area contributed by atoms with Crippen LogP contribution in [0.1, 0.15) is 20.8 Å². The van der Waals surface area contributed by atoms with Gasteiger partial charge >= 0.3 is 0 Å². The Morgan fingerprint density at radius 3 is 2.53 bits per heavy atom. The van der Waals surface area contributed by atoms with E-state index in [4.69, 9.17) is 4.74 Å². The maximum absolute atomic E-state index is 11.6. The van der Waals surface area contributed by atoms with Crippen molar-refractivity contribution in [3.8, 4) is 0 Å². The van der Waals surface area contributed by atoms with Gasteiger partial charge in [-0.15, -0.1) is 0 Å². The lowest BCUT2D eigenvalue weighted by Crippen LogP contribution is -2.57. The number of nitrogens with zero attached hydrogens (tertiary/aromatic N) is 1. The van der Waals surface area contributed by atoms with Crippen molar-refractivity contribution in [1.29, 1.82) is 0 Å². The fraction of sp³-hybridized carbons (Fsp3) is 1.00. The topological polar surface area (TPSA) is 46.6 Å². The summed E-state index contributed by atoms with van der Waals surface area (Å²) in [6.07, 6.45) is -0.108. The normalized spacial score (nSPS) is 36.5. The number of hydrogen-bond acceptors (Lipinski definition) is 4. The molecule has 0 N–H and O–H groups in total. The first-order valence-corrected chi connectivity index (χ1v) is 7.20. The van der Waals surface area contributed by atoms with E-state index in [9.17, 15) is 8.42 Å². The van der Waals surface area contributed by atoms with Crippen LogP contribution >= 0.6 is 0 Å². The van der Waals surface area contributed by atoms with Crippen LogP contribution in [0.3, 0.4) is 0 Å². The lowest BCUT2D eigenvalue weighted by Gasteiger charge is -2.45. The largest absolute Gasteiger partial charge is 0.374 e. The summed E-state index contributed by atoms with van der Waals surface area (Å²) in [6, 6.07) is 0.0590. The molecule has 0 aliphatic carbocycles. The Balaban J connectivity index is 2.23. The van der Waals surface area contributed by atoms with Gasteiger partial charge < -0.3 is 4.74 Å². The molecule has 2 unspecified atom stereocenters. The molecule has 2 aliphatic heterocycles. The van der Waals surface area contributed by atoms with Gasteiger partial charge in [-0.05, 0) is 20.8 Å². The molecule has 0 aromatic rings. The van der Waals surface area contributed by atoms with E-state index in [2.05, 4.69) is 25.7 Å². The van der Waals surface area contributed by atoms with Crippen LogP contribution in [0.5, 0.6) is 0 Å². The minimum Gasteiger partial charge on any atom is -0.374 e. The summed E-state index contributed by atoms with van der Waals surface area (Å²) < 4.78 is 28.7. The smallest absolute Gasteiger partial charge is 0.154 e. The number of ether oxygens (including phenoxy) is 1. The van der Waals surface area contributed by atoms with E-state index in [0.717, 1.165) is 6.54 Å². The molecule has 15 heavy (non-hydrogen) atoms. The molecule has 2 rings (SSSR count). The van der Waals surface area contributed by atoms with Crippen molar-refractivity contribution in [3.63, 3.8) is 0 Å². The summed E-state index contributed by atoms with van der Waals surface area (Å²) in [6.45, 7) is 7.86. The third kappa shape index (κ3) is 2.19. The third-order valence-corrected chi connectivity index (χ3v) is 4.88. The highest BCUT2D eigenvalue weighted by atomic mass is 32.2. The standard InChI is InChI=1S/C10H19NO3S/c1-10(2,3)11-4-5-14-9-7-15(12,13)6-8(9)11/h8-9H,4-7H2,1-3H3. The number of morpholine rings is 1. The zero-order valence-corrected chi connectivity index (χ0v) is 10.4. The van der Waals surface area contributed by atoms with Crippen LogP contribution in [0.25, 0.3) is 0 Å². The number of fused-ring (bicyclic) bond motifs is 1. The maximum Gasteiger partial charge on any atom is 0.154 e. The first kappa shape index (κ1) is 11.4. The van der Waals surface area contributed by atoms with Crippen LogP contribution in [0.4, 0.5) is 0 Å². The van der Waals surface area contributed by atoms with Crippen molar-refractivity contribution in [3.05, 3.63) is 0 Å². The highest BCUT2D eigenvalue weighted by molar-refractivity contribution is 7.91. The molecule has 0 amide bonds.